The van der Waals surface area contributed by atoms with E-state index in [0.717, 1.165) is 19.0 Å². The van der Waals surface area contributed by atoms with Gasteiger partial charge >= 0.3 is 0 Å². The fraction of sp³-hybridized carbons (Fsp3) is 0.375. The van der Waals surface area contributed by atoms with Gasteiger partial charge in [0.05, 0.1) is 0 Å². The fourth-order valence-electron chi connectivity index (χ4n) is 2.54. The number of hydrogen-bond donors (Lipinski definition) is 1. The topological polar surface area (TPSA) is 23.5 Å². The summed E-state index contributed by atoms with van der Waals surface area (Å²) in [7, 11) is 2.21. The van der Waals surface area contributed by atoms with Gasteiger partial charge in [0, 0.05) is 12.6 Å². The van der Waals surface area contributed by atoms with Gasteiger partial charge in [-0.2, -0.15) is 0 Å². The molecule has 0 aliphatic heterocycles. The molecule has 18 heavy (non-hydrogen) atoms. The number of rotatable bonds is 4. The van der Waals surface area contributed by atoms with E-state index in [1.165, 1.54) is 29.2 Å². The van der Waals surface area contributed by atoms with Crippen LogP contribution in [0.3, 0.4) is 0 Å². The highest BCUT2D eigenvalue weighted by Gasteiger charge is 2.25. The van der Waals surface area contributed by atoms with Gasteiger partial charge in [-0.15, -0.1) is 0 Å². The zero-order valence-electron chi connectivity index (χ0n) is 10.8. The van der Waals surface area contributed by atoms with Crippen molar-refractivity contribution in [1.82, 2.24) is 4.90 Å². The predicted octanol–water partition coefficient (Wildman–Crippen LogP) is 3.18. The van der Waals surface area contributed by atoms with E-state index in [1.54, 1.807) is 6.07 Å². The van der Waals surface area contributed by atoms with Gasteiger partial charge in [0.2, 0.25) is 0 Å². The molecule has 0 aromatic heterocycles. The third-order valence-electron chi connectivity index (χ3n) is 3.86. The van der Waals surface area contributed by atoms with Crippen molar-refractivity contribution in [1.29, 1.82) is 0 Å². The van der Waals surface area contributed by atoms with E-state index in [-0.39, 0.29) is 0 Å². The number of phenols is 1. The third-order valence-corrected chi connectivity index (χ3v) is 3.86. The molecule has 2 aromatic carbocycles. The Morgan fingerprint density at radius 2 is 2.06 bits per heavy atom. The van der Waals surface area contributed by atoms with Gasteiger partial charge in [0.25, 0.3) is 0 Å². The Labute approximate surface area is 108 Å². The molecule has 1 fully saturated rings. The first-order chi connectivity index (χ1) is 8.74. The van der Waals surface area contributed by atoms with Crippen molar-refractivity contribution in [3.63, 3.8) is 0 Å². The van der Waals surface area contributed by atoms with Crippen molar-refractivity contribution in [2.45, 2.75) is 25.3 Å². The van der Waals surface area contributed by atoms with Gasteiger partial charge in [0.1, 0.15) is 5.75 Å². The lowest BCUT2D eigenvalue weighted by molar-refractivity contribution is 0.329. The summed E-state index contributed by atoms with van der Waals surface area (Å²) in [6, 6.07) is 12.8. The molecule has 0 amide bonds. The van der Waals surface area contributed by atoms with Crippen molar-refractivity contribution in [3.8, 4) is 5.75 Å². The van der Waals surface area contributed by atoms with Crippen LogP contribution in [0.2, 0.25) is 0 Å². The molecule has 2 nitrogen and oxygen atoms in total. The van der Waals surface area contributed by atoms with Crippen LogP contribution >= 0.6 is 0 Å². The van der Waals surface area contributed by atoms with Gasteiger partial charge < -0.3 is 10.0 Å². The molecule has 0 atom stereocenters. The maximum Gasteiger partial charge on any atom is 0.116 e. The Morgan fingerprint density at radius 3 is 2.83 bits per heavy atom. The summed E-state index contributed by atoms with van der Waals surface area (Å²) in [6.07, 6.45) is 3.76. The van der Waals surface area contributed by atoms with Crippen LogP contribution in [0.1, 0.15) is 18.4 Å². The highest BCUT2D eigenvalue weighted by Crippen LogP contribution is 2.27. The summed E-state index contributed by atoms with van der Waals surface area (Å²) in [6.45, 7) is 1.10. The van der Waals surface area contributed by atoms with Gasteiger partial charge in [-0.3, -0.25) is 0 Å². The molecule has 0 spiro atoms. The highest BCUT2D eigenvalue weighted by molar-refractivity contribution is 5.87. The molecule has 1 saturated carbocycles. The zero-order valence-corrected chi connectivity index (χ0v) is 10.8. The van der Waals surface area contributed by atoms with E-state index in [9.17, 15) is 5.11 Å². The largest absolute Gasteiger partial charge is 0.508 e. The van der Waals surface area contributed by atoms with Crippen molar-refractivity contribution in [3.05, 3.63) is 42.0 Å². The standard InChI is InChI=1S/C16H19NO/c1-17(14-6-7-14)10-9-13-4-2-3-12-5-8-15(18)11-16(12)13/h2-5,8,11,14,18H,6-7,9-10H2,1H3. The van der Waals surface area contributed by atoms with E-state index in [2.05, 4.69) is 30.1 Å². The van der Waals surface area contributed by atoms with E-state index in [4.69, 9.17) is 0 Å². The van der Waals surface area contributed by atoms with E-state index in [0.29, 0.717) is 5.75 Å². The van der Waals surface area contributed by atoms with Crippen LogP contribution in [0.4, 0.5) is 0 Å². The second-order valence-corrected chi connectivity index (χ2v) is 5.28. The van der Waals surface area contributed by atoms with Crippen LogP contribution in [0, 0.1) is 0 Å². The van der Waals surface area contributed by atoms with E-state index < -0.39 is 0 Å². The Bertz CT molecular complexity index is 560. The highest BCUT2D eigenvalue weighted by atomic mass is 16.3. The number of benzene rings is 2. The molecular formula is C16H19NO. The molecule has 0 unspecified atom stereocenters. The van der Waals surface area contributed by atoms with Crippen molar-refractivity contribution >= 4 is 10.8 Å². The zero-order chi connectivity index (χ0) is 12.5. The molecule has 94 valence electrons. The van der Waals surface area contributed by atoms with Crippen LogP contribution in [-0.4, -0.2) is 29.6 Å². The summed E-state index contributed by atoms with van der Waals surface area (Å²) in [5, 5.41) is 12.0. The molecule has 0 heterocycles. The van der Waals surface area contributed by atoms with Gasteiger partial charge in [-0.25, -0.2) is 0 Å². The summed E-state index contributed by atoms with van der Waals surface area (Å²) >= 11 is 0. The number of likely N-dealkylation sites (N-methyl/N-ethyl adjacent to an activating group) is 1. The van der Waals surface area contributed by atoms with Crippen molar-refractivity contribution < 1.29 is 5.11 Å². The summed E-state index contributed by atoms with van der Waals surface area (Å²) in [5.74, 6) is 0.352. The van der Waals surface area contributed by atoms with E-state index in [1.807, 2.05) is 12.1 Å². The van der Waals surface area contributed by atoms with Gasteiger partial charge in [0.15, 0.2) is 0 Å². The third kappa shape index (κ3) is 2.34. The second kappa shape index (κ2) is 4.62. The smallest absolute Gasteiger partial charge is 0.116 e. The maximum atomic E-state index is 9.62. The molecule has 1 aliphatic rings. The Hall–Kier alpha value is -1.54. The Kier molecular flexibility index (Phi) is 2.96. The quantitative estimate of drug-likeness (QED) is 0.888. The number of nitrogens with zero attached hydrogens (tertiary/aromatic N) is 1. The average molecular weight is 241 g/mol. The first-order valence-corrected chi connectivity index (χ1v) is 6.65. The Balaban J connectivity index is 1.83. The maximum absolute atomic E-state index is 9.62. The Morgan fingerprint density at radius 1 is 1.22 bits per heavy atom. The lowest BCUT2D eigenvalue weighted by Gasteiger charge is -2.16. The average Bonchev–Trinajstić information content (AvgIpc) is 3.20. The summed E-state index contributed by atoms with van der Waals surface area (Å²) in [4.78, 5) is 2.45. The van der Waals surface area contributed by atoms with Gasteiger partial charge in [-0.05, 0) is 54.8 Å². The molecule has 0 bridgehead atoms. The minimum Gasteiger partial charge on any atom is -0.508 e. The minimum absolute atomic E-state index is 0.352. The van der Waals surface area contributed by atoms with Crippen LogP contribution in [-0.2, 0) is 6.42 Å². The summed E-state index contributed by atoms with van der Waals surface area (Å²) in [5.41, 5.74) is 1.33. The molecular weight excluding hydrogens is 222 g/mol. The van der Waals surface area contributed by atoms with E-state index >= 15 is 0 Å². The lowest BCUT2D eigenvalue weighted by atomic mass is 10.0. The van der Waals surface area contributed by atoms with Crippen molar-refractivity contribution in [2.24, 2.45) is 0 Å². The fourth-order valence-corrected chi connectivity index (χ4v) is 2.54. The van der Waals surface area contributed by atoms with Crippen LogP contribution < -0.4 is 0 Å². The molecule has 3 rings (SSSR count). The number of fused-ring (bicyclic) bond motifs is 1. The SMILES string of the molecule is CN(CCc1cccc2ccc(O)cc12)C1CC1. The monoisotopic (exact) mass is 241 g/mol. The van der Waals surface area contributed by atoms with Crippen molar-refractivity contribution in [2.75, 3.05) is 13.6 Å². The van der Waals surface area contributed by atoms with Gasteiger partial charge in [-0.1, -0.05) is 24.3 Å². The number of phenolic OH excluding ortho intramolecular Hbond substituents is 1. The minimum atomic E-state index is 0.352. The molecule has 0 radical (unpaired) electrons. The van der Waals surface area contributed by atoms with Crippen LogP contribution in [0.25, 0.3) is 10.8 Å². The summed E-state index contributed by atoms with van der Waals surface area (Å²) < 4.78 is 0. The second-order valence-electron chi connectivity index (χ2n) is 5.28. The number of aromatic hydroxyl groups is 1. The molecule has 0 saturated heterocycles. The normalized spacial score (nSPS) is 15.4. The predicted molar refractivity (Wildman–Crippen MR) is 75.0 cm³/mol. The molecule has 1 N–H and O–H groups in total. The molecule has 2 heteroatoms. The number of hydrogen-bond acceptors (Lipinski definition) is 2. The van der Waals surface area contributed by atoms with Crippen LogP contribution in [0.15, 0.2) is 36.4 Å². The molecule has 2 aromatic rings. The van der Waals surface area contributed by atoms with Crippen LogP contribution in [0.5, 0.6) is 5.75 Å². The first-order valence-electron chi connectivity index (χ1n) is 6.65. The first kappa shape index (κ1) is 11.5. The molecule has 1 aliphatic carbocycles. The lowest BCUT2D eigenvalue weighted by Crippen LogP contribution is -2.23.